The number of methoxy groups -OCH3 is 2. The minimum absolute atomic E-state index is 0.0405. The highest BCUT2D eigenvalue weighted by atomic mass is 16.5. The Bertz CT molecular complexity index is 270. The molecule has 0 bridgehead atoms. The second-order valence-electron chi connectivity index (χ2n) is 2.82. The largest absolute Gasteiger partial charge is 0.493 e. The molecule has 0 saturated heterocycles. The summed E-state index contributed by atoms with van der Waals surface area (Å²) in [6.45, 7) is 5.91. The highest BCUT2D eigenvalue weighted by Gasteiger charge is 2.09. The Morgan fingerprint density at radius 1 is 1.13 bits per heavy atom. The first kappa shape index (κ1) is 13.8. The lowest BCUT2D eigenvalue weighted by Gasteiger charge is -2.12. The van der Waals surface area contributed by atoms with E-state index in [0.29, 0.717) is 11.5 Å². The molecule has 1 rings (SSSR count). The zero-order valence-corrected chi connectivity index (χ0v) is 10.1. The topological polar surface area (TPSA) is 38.7 Å². The molecule has 0 aliphatic rings. The molecule has 86 valence electrons. The summed E-state index contributed by atoms with van der Waals surface area (Å²) in [6.07, 6.45) is 0. The molecule has 1 aromatic rings. The summed E-state index contributed by atoms with van der Waals surface area (Å²) in [5.74, 6) is 1.27. The third kappa shape index (κ3) is 3.44. The van der Waals surface area contributed by atoms with E-state index in [-0.39, 0.29) is 6.61 Å². The van der Waals surface area contributed by atoms with Crippen LogP contribution in [0.1, 0.15) is 25.0 Å². The van der Waals surface area contributed by atoms with Crippen LogP contribution in [0.4, 0.5) is 0 Å². The van der Waals surface area contributed by atoms with Gasteiger partial charge < -0.3 is 14.6 Å². The predicted octanol–water partition coefficient (Wildman–Crippen LogP) is 2.53. The monoisotopic (exact) mass is 212 g/mol. The molecule has 0 aromatic heterocycles. The maximum atomic E-state index is 9.06. The summed E-state index contributed by atoms with van der Waals surface area (Å²) in [5.41, 5.74) is 1.79. The normalized spacial score (nSPS) is 8.93. The molecule has 0 aliphatic carbocycles. The van der Waals surface area contributed by atoms with Gasteiger partial charge in [-0.3, -0.25) is 0 Å². The van der Waals surface area contributed by atoms with E-state index in [9.17, 15) is 0 Å². The first-order chi connectivity index (χ1) is 7.22. The van der Waals surface area contributed by atoms with Crippen LogP contribution in [0.15, 0.2) is 12.1 Å². The Hall–Kier alpha value is -1.22. The Morgan fingerprint density at radius 3 is 2.13 bits per heavy atom. The van der Waals surface area contributed by atoms with Crippen LogP contribution in [0.2, 0.25) is 0 Å². The first-order valence-corrected chi connectivity index (χ1v) is 5.05. The van der Waals surface area contributed by atoms with E-state index in [4.69, 9.17) is 14.6 Å². The smallest absolute Gasteiger partial charge is 0.166 e. The molecule has 15 heavy (non-hydrogen) atoms. The van der Waals surface area contributed by atoms with Crippen molar-refractivity contribution in [2.24, 2.45) is 0 Å². The van der Waals surface area contributed by atoms with Crippen molar-refractivity contribution in [2.75, 3.05) is 14.2 Å². The summed E-state index contributed by atoms with van der Waals surface area (Å²) in [7, 11) is 3.14. The zero-order chi connectivity index (χ0) is 11.8. The highest BCUT2D eigenvalue weighted by Crippen LogP contribution is 2.32. The average molecular weight is 212 g/mol. The van der Waals surface area contributed by atoms with Gasteiger partial charge in [-0.05, 0) is 24.6 Å². The van der Waals surface area contributed by atoms with Crippen LogP contribution in [0.25, 0.3) is 0 Å². The molecule has 0 aliphatic heterocycles. The quantitative estimate of drug-likeness (QED) is 0.836. The lowest BCUT2D eigenvalue weighted by molar-refractivity contribution is 0.269. The SMILES string of the molecule is CC.COc1cc(C)cc(CO)c1OC. The Balaban J connectivity index is 0.000000921. The van der Waals surface area contributed by atoms with Gasteiger partial charge in [0.05, 0.1) is 20.8 Å². The number of benzene rings is 1. The molecule has 3 heteroatoms. The second-order valence-corrected chi connectivity index (χ2v) is 2.82. The average Bonchev–Trinajstić information content (AvgIpc) is 2.30. The Labute approximate surface area is 91.6 Å². The maximum Gasteiger partial charge on any atom is 0.166 e. The van der Waals surface area contributed by atoms with Crippen LogP contribution in [-0.4, -0.2) is 19.3 Å². The standard InChI is InChI=1S/C10H14O3.C2H6/c1-7-4-8(6-11)10(13-3)9(5-7)12-2;1-2/h4-5,11H,6H2,1-3H3;1-2H3. The molecule has 1 N–H and O–H groups in total. The fourth-order valence-corrected chi connectivity index (χ4v) is 1.31. The van der Waals surface area contributed by atoms with Gasteiger partial charge in [-0.2, -0.15) is 0 Å². The molecule has 0 heterocycles. The molecule has 0 saturated carbocycles. The lowest BCUT2D eigenvalue weighted by atomic mass is 10.1. The fraction of sp³-hybridized carbons (Fsp3) is 0.500. The summed E-state index contributed by atoms with van der Waals surface area (Å²) in [4.78, 5) is 0. The molecular formula is C12H20O3. The summed E-state index contributed by atoms with van der Waals surface area (Å²) in [6, 6.07) is 3.75. The van der Waals surface area contributed by atoms with Crippen LogP contribution in [-0.2, 0) is 6.61 Å². The second kappa shape index (κ2) is 7.12. The molecular weight excluding hydrogens is 192 g/mol. The van der Waals surface area contributed by atoms with Gasteiger partial charge in [0, 0.05) is 5.56 Å². The van der Waals surface area contributed by atoms with Gasteiger partial charge >= 0.3 is 0 Å². The Morgan fingerprint density at radius 2 is 1.73 bits per heavy atom. The molecule has 0 radical (unpaired) electrons. The maximum absolute atomic E-state index is 9.06. The summed E-state index contributed by atoms with van der Waals surface area (Å²) in [5, 5.41) is 9.06. The van der Waals surface area contributed by atoms with Gasteiger partial charge in [0.25, 0.3) is 0 Å². The van der Waals surface area contributed by atoms with Crippen molar-refractivity contribution in [3.05, 3.63) is 23.3 Å². The predicted molar refractivity (Wildman–Crippen MR) is 61.6 cm³/mol. The van der Waals surface area contributed by atoms with Crippen LogP contribution >= 0.6 is 0 Å². The van der Waals surface area contributed by atoms with Crippen LogP contribution < -0.4 is 9.47 Å². The zero-order valence-electron chi connectivity index (χ0n) is 10.1. The number of ether oxygens (including phenoxy) is 2. The molecule has 0 amide bonds. The highest BCUT2D eigenvalue weighted by molar-refractivity contribution is 5.48. The summed E-state index contributed by atoms with van der Waals surface area (Å²) < 4.78 is 10.3. The van der Waals surface area contributed by atoms with Gasteiger partial charge in [0.15, 0.2) is 11.5 Å². The van der Waals surface area contributed by atoms with E-state index in [1.807, 2.05) is 32.9 Å². The van der Waals surface area contributed by atoms with Crippen molar-refractivity contribution >= 4 is 0 Å². The summed E-state index contributed by atoms with van der Waals surface area (Å²) >= 11 is 0. The molecule has 0 atom stereocenters. The van der Waals surface area contributed by atoms with E-state index in [2.05, 4.69) is 0 Å². The molecule has 0 spiro atoms. The van der Waals surface area contributed by atoms with Crippen LogP contribution in [0, 0.1) is 6.92 Å². The lowest BCUT2D eigenvalue weighted by Crippen LogP contribution is -1.96. The molecule has 3 nitrogen and oxygen atoms in total. The van der Waals surface area contributed by atoms with Gasteiger partial charge in [-0.15, -0.1) is 0 Å². The van der Waals surface area contributed by atoms with Crippen LogP contribution in [0.5, 0.6) is 11.5 Å². The van der Waals surface area contributed by atoms with Gasteiger partial charge in [0.2, 0.25) is 0 Å². The minimum atomic E-state index is -0.0405. The number of aliphatic hydroxyl groups is 1. The van der Waals surface area contributed by atoms with Crippen molar-refractivity contribution < 1.29 is 14.6 Å². The van der Waals surface area contributed by atoms with Crippen molar-refractivity contribution in [1.82, 2.24) is 0 Å². The van der Waals surface area contributed by atoms with Crippen molar-refractivity contribution in [1.29, 1.82) is 0 Å². The number of aliphatic hydroxyl groups excluding tert-OH is 1. The van der Waals surface area contributed by atoms with E-state index < -0.39 is 0 Å². The van der Waals surface area contributed by atoms with Gasteiger partial charge in [-0.1, -0.05) is 13.8 Å². The van der Waals surface area contributed by atoms with E-state index >= 15 is 0 Å². The third-order valence-electron chi connectivity index (χ3n) is 1.87. The number of hydrogen-bond acceptors (Lipinski definition) is 3. The van der Waals surface area contributed by atoms with E-state index in [1.54, 1.807) is 14.2 Å². The van der Waals surface area contributed by atoms with Gasteiger partial charge in [-0.25, -0.2) is 0 Å². The minimum Gasteiger partial charge on any atom is -0.493 e. The number of hydrogen-bond donors (Lipinski definition) is 1. The third-order valence-corrected chi connectivity index (χ3v) is 1.87. The van der Waals surface area contributed by atoms with Crippen molar-refractivity contribution in [2.45, 2.75) is 27.4 Å². The van der Waals surface area contributed by atoms with E-state index in [1.165, 1.54) is 0 Å². The van der Waals surface area contributed by atoms with Crippen molar-refractivity contribution in [3.63, 3.8) is 0 Å². The number of rotatable bonds is 3. The molecule has 1 aromatic carbocycles. The number of aryl methyl sites for hydroxylation is 1. The van der Waals surface area contributed by atoms with Gasteiger partial charge in [0.1, 0.15) is 0 Å². The first-order valence-electron chi connectivity index (χ1n) is 5.05. The fourth-order valence-electron chi connectivity index (χ4n) is 1.31. The Kier molecular flexibility index (Phi) is 6.54. The molecule has 0 unspecified atom stereocenters. The van der Waals surface area contributed by atoms with Crippen LogP contribution in [0.3, 0.4) is 0 Å². The van der Waals surface area contributed by atoms with E-state index in [0.717, 1.165) is 11.1 Å². The van der Waals surface area contributed by atoms with Crippen molar-refractivity contribution in [3.8, 4) is 11.5 Å². The molecule has 0 fully saturated rings.